The number of carbonyl (C=O) groups excluding carboxylic acids is 2. The van der Waals surface area contributed by atoms with Crippen LogP contribution >= 0.6 is 0 Å². The number of nitrogens with zero attached hydrogens (tertiary/aromatic N) is 2. The highest BCUT2D eigenvalue weighted by Crippen LogP contribution is 2.26. The van der Waals surface area contributed by atoms with Gasteiger partial charge >= 0.3 is 13.0 Å². The summed E-state index contributed by atoms with van der Waals surface area (Å²) in [5.41, 5.74) is 0. The third kappa shape index (κ3) is 3.23. The van der Waals surface area contributed by atoms with Gasteiger partial charge in [0, 0.05) is 6.54 Å². The highest BCUT2D eigenvalue weighted by atomic mass is 16.5. The van der Waals surface area contributed by atoms with E-state index in [4.69, 9.17) is 4.74 Å². The molecule has 0 aromatic rings. The van der Waals surface area contributed by atoms with E-state index in [1.807, 2.05) is 19.0 Å². The van der Waals surface area contributed by atoms with E-state index in [0.29, 0.717) is 13.0 Å². The predicted molar refractivity (Wildman–Crippen MR) is 67.8 cm³/mol. The van der Waals surface area contributed by atoms with Crippen LogP contribution in [0.5, 0.6) is 0 Å². The third-order valence-electron chi connectivity index (χ3n) is 2.99. The maximum absolute atomic E-state index is 12.1. The Labute approximate surface area is 108 Å². The summed E-state index contributed by atoms with van der Waals surface area (Å²) in [6.45, 7) is 4.05. The molecular weight excluding hydrogens is 235 g/mol. The molecule has 0 aromatic heterocycles. The van der Waals surface area contributed by atoms with Gasteiger partial charge in [0.05, 0.1) is 12.5 Å². The fourth-order valence-corrected chi connectivity index (χ4v) is 2.33. The molecule has 0 saturated carbocycles. The molecule has 0 aliphatic carbocycles. The molecule has 1 aliphatic heterocycles. The molecule has 0 spiro atoms. The largest absolute Gasteiger partial charge is 0.464 e. The molecule has 1 rings (SSSR count). The van der Waals surface area contributed by atoms with Gasteiger partial charge in [0.25, 0.3) is 0 Å². The van der Waals surface area contributed by atoms with Crippen molar-refractivity contribution in [1.29, 1.82) is 0 Å². The quantitative estimate of drug-likeness (QED) is 0.527. The summed E-state index contributed by atoms with van der Waals surface area (Å²) in [6, 6.07) is -0.664. The van der Waals surface area contributed by atoms with Crippen LogP contribution < -0.4 is 0 Å². The normalized spacial score (nSPS) is 23.7. The second kappa shape index (κ2) is 6.20. The van der Waals surface area contributed by atoms with Crippen LogP contribution in [0.25, 0.3) is 0 Å². The molecule has 0 bridgehead atoms. The highest BCUT2D eigenvalue weighted by Gasteiger charge is 2.46. The minimum Gasteiger partial charge on any atom is -0.464 e. The van der Waals surface area contributed by atoms with Crippen molar-refractivity contribution in [3.8, 4) is 0 Å². The van der Waals surface area contributed by atoms with Crippen LogP contribution in [0.3, 0.4) is 0 Å². The van der Waals surface area contributed by atoms with E-state index in [2.05, 4.69) is 0 Å². The fourth-order valence-electron chi connectivity index (χ4n) is 2.33. The topological polar surface area (TPSA) is 70.1 Å². The number of rotatable bonds is 5. The molecule has 1 heterocycles. The molecule has 7 heteroatoms. The number of ether oxygens (including phenoxy) is 1. The van der Waals surface area contributed by atoms with Gasteiger partial charge in [-0.25, -0.2) is 4.79 Å². The lowest BCUT2D eigenvalue weighted by Crippen LogP contribution is -2.48. The predicted octanol–water partition coefficient (Wildman–Crippen LogP) is -0.561. The SMILES string of the molecule is CCOC(=O)[C@H]1CC(CN(C)C)C(=O)N1B(C)O. The van der Waals surface area contributed by atoms with Crippen LogP contribution in [-0.4, -0.2) is 67.0 Å². The maximum Gasteiger partial charge on any atom is 0.412 e. The lowest BCUT2D eigenvalue weighted by atomic mass is 9.84. The number of carbonyl (C=O) groups is 2. The Balaban J connectivity index is 2.83. The maximum atomic E-state index is 12.1. The van der Waals surface area contributed by atoms with E-state index < -0.39 is 19.1 Å². The molecule has 1 aliphatic rings. The van der Waals surface area contributed by atoms with Crippen LogP contribution in [0.4, 0.5) is 0 Å². The summed E-state index contributed by atoms with van der Waals surface area (Å²) >= 11 is 0. The zero-order valence-electron chi connectivity index (χ0n) is 11.4. The average molecular weight is 256 g/mol. The van der Waals surface area contributed by atoms with Gasteiger partial charge in [-0.05, 0) is 34.3 Å². The molecule has 6 nitrogen and oxygen atoms in total. The van der Waals surface area contributed by atoms with Crippen LogP contribution in [0.2, 0.25) is 6.82 Å². The average Bonchev–Trinajstić information content (AvgIpc) is 2.56. The smallest absolute Gasteiger partial charge is 0.412 e. The Morgan fingerprint density at radius 1 is 1.61 bits per heavy atom. The van der Waals surface area contributed by atoms with Gasteiger partial charge in [-0.1, -0.05) is 0 Å². The molecule has 2 atom stereocenters. The van der Waals surface area contributed by atoms with E-state index in [1.165, 1.54) is 11.6 Å². The van der Waals surface area contributed by atoms with E-state index >= 15 is 0 Å². The molecular formula is C11H21BN2O4. The standard InChI is InChI=1S/C11H21BN2O4/c1-5-18-11(16)9-6-8(7-13(3)4)10(15)14(9)12(2)17/h8-9,17H,5-7H2,1-4H3/t8?,9-/m1/s1. The van der Waals surface area contributed by atoms with Gasteiger partial charge in [0.2, 0.25) is 5.91 Å². The first kappa shape index (κ1) is 15.0. The molecule has 1 amide bonds. The summed E-state index contributed by atoms with van der Waals surface area (Å²) in [7, 11) is 2.77. The Bertz CT molecular complexity index is 322. The summed E-state index contributed by atoms with van der Waals surface area (Å²) in [5.74, 6) is -0.881. The van der Waals surface area contributed by atoms with E-state index in [0.717, 1.165) is 0 Å². The monoisotopic (exact) mass is 256 g/mol. The Hall–Kier alpha value is -1.08. The van der Waals surface area contributed by atoms with Gasteiger partial charge in [-0.3, -0.25) is 4.79 Å². The van der Waals surface area contributed by atoms with Crippen molar-refractivity contribution in [2.45, 2.75) is 26.2 Å². The van der Waals surface area contributed by atoms with Crippen molar-refractivity contribution in [3.63, 3.8) is 0 Å². The summed E-state index contributed by atoms with van der Waals surface area (Å²) < 4.78 is 4.95. The van der Waals surface area contributed by atoms with Gasteiger partial charge in [-0.15, -0.1) is 0 Å². The molecule has 1 unspecified atom stereocenters. The first-order valence-corrected chi connectivity index (χ1v) is 6.20. The Kier molecular flexibility index (Phi) is 5.16. The zero-order chi connectivity index (χ0) is 13.9. The number of hydrogen-bond donors (Lipinski definition) is 1. The van der Waals surface area contributed by atoms with E-state index in [-0.39, 0.29) is 18.4 Å². The summed E-state index contributed by atoms with van der Waals surface area (Å²) in [5, 5.41) is 9.65. The lowest BCUT2D eigenvalue weighted by Gasteiger charge is -2.24. The Morgan fingerprint density at radius 3 is 2.67 bits per heavy atom. The van der Waals surface area contributed by atoms with Crippen LogP contribution in [0, 0.1) is 5.92 Å². The third-order valence-corrected chi connectivity index (χ3v) is 2.99. The van der Waals surface area contributed by atoms with Gasteiger partial charge in [0.1, 0.15) is 6.04 Å². The first-order valence-electron chi connectivity index (χ1n) is 6.20. The number of esters is 1. The molecule has 1 fully saturated rings. The van der Waals surface area contributed by atoms with Gasteiger partial charge in [0.15, 0.2) is 0 Å². The van der Waals surface area contributed by atoms with E-state index in [1.54, 1.807) is 6.92 Å². The first-order chi connectivity index (χ1) is 8.38. The van der Waals surface area contributed by atoms with Crippen molar-refractivity contribution >= 4 is 18.9 Å². The molecule has 0 aromatic carbocycles. The van der Waals surface area contributed by atoms with Crippen LogP contribution in [0.1, 0.15) is 13.3 Å². The van der Waals surface area contributed by atoms with Gasteiger partial charge in [-0.2, -0.15) is 0 Å². The molecule has 1 N–H and O–H groups in total. The van der Waals surface area contributed by atoms with Crippen LogP contribution in [0.15, 0.2) is 0 Å². The van der Waals surface area contributed by atoms with Crippen molar-refractivity contribution in [2.75, 3.05) is 27.2 Å². The van der Waals surface area contributed by atoms with Crippen molar-refractivity contribution in [1.82, 2.24) is 9.71 Å². The van der Waals surface area contributed by atoms with Crippen molar-refractivity contribution < 1.29 is 19.3 Å². The lowest BCUT2D eigenvalue weighted by molar-refractivity contribution is -0.149. The number of hydrogen-bond acceptors (Lipinski definition) is 5. The van der Waals surface area contributed by atoms with Crippen molar-refractivity contribution in [2.24, 2.45) is 5.92 Å². The number of amides is 1. The molecule has 0 radical (unpaired) electrons. The Morgan fingerprint density at radius 2 is 2.22 bits per heavy atom. The van der Waals surface area contributed by atoms with E-state index in [9.17, 15) is 14.6 Å². The van der Waals surface area contributed by atoms with Crippen LogP contribution in [-0.2, 0) is 14.3 Å². The minimum atomic E-state index is -0.973. The second-order valence-electron chi connectivity index (χ2n) is 4.84. The van der Waals surface area contributed by atoms with Gasteiger partial charge < -0.3 is 19.5 Å². The minimum absolute atomic E-state index is 0.184. The zero-order valence-corrected chi connectivity index (χ0v) is 11.4. The summed E-state index contributed by atoms with van der Waals surface area (Å²) in [6.07, 6.45) is 0.404. The molecule has 1 saturated heterocycles. The second-order valence-corrected chi connectivity index (χ2v) is 4.84. The van der Waals surface area contributed by atoms with Crippen molar-refractivity contribution in [3.05, 3.63) is 0 Å². The highest BCUT2D eigenvalue weighted by molar-refractivity contribution is 6.50. The molecule has 102 valence electrons. The summed E-state index contributed by atoms with van der Waals surface area (Å²) in [4.78, 5) is 27.1. The fraction of sp³-hybridized carbons (Fsp3) is 0.818. The molecule has 18 heavy (non-hydrogen) atoms.